The quantitative estimate of drug-likeness (QED) is 0.680. The first kappa shape index (κ1) is 16.0. The van der Waals surface area contributed by atoms with E-state index in [4.69, 9.17) is 9.47 Å². The minimum atomic E-state index is -0.549. The van der Waals surface area contributed by atoms with Crippen molar-refractivity contribution >= 4 is 11.8 Å². The van der Waals surface area contributed by atoms with Crippen molar-refractivity contribution in [3.63, 3.8) is 0 Å². The second-order valence-electron chi connectivity index (χ2n) is 5.49. The third-order valence-corrected chi connectivity index (χ3v) is 2.36. The number of hydrogen-bond acceptors (Lipinski definition) is 4. The third-order valence-electron chi connectivity index (χ3n) is 2.36. The fourth-order valence-electron chi connectivity index (χ4n) is 1.52. The van der Waals surface area contributed by atoms with Crippen LogP contribution in [0.1, 0.15) is 33.3 Å². The normalized spacial score (nSPS) is 11.9. The van der Waals surface area contributed by atoms with Crippen molar-refractivity contribution in [1.82, 2.24) is 5.43 Å². The van der Waals surface area contributed by atoms with Gasteiger partial charge in [-0.3, -0.25) is 0 Å². The highest BCUT2D eigenvalue weighted by atomic mass is 16.6. The lowest BCUT2D eigenvalue weighted by Crippen LogP contribution is -2.30. The molecule has 0 aliphatic rings. The van der Waals surface area contributed by atoms with Gasteiger partial charge >= 0.3 is 6.09 Å². The number of rotatable bonds is 4. The molecule has 0 radical (unpaired) electrons. The van der Waals surface area contributed by atoms with Crippen LogP contribution in [0.2, 0.25) is 0 Å². The van der Waals surface area contributed by atoms with E-state index >= 15 is 0 Å². The molecule has 5 heteroatoms. The molecule has 0 atom stereocenters. The predicted molar refractivity (Wildman–Crippen MR) is 79.2 cm³/mol. The Morgan fingerprint density at radius 3 is 2.35 bits per heavy atom. The Labute approximate surface area is 120 Å². The zero-order valence-electron chi connectivity index (χ0n) is 12.7. The van der Waals surface area contributed by atoms with Crippen molar-refractivity contribution in [2.45, 2.75) is 39.7 Å². The van der Waals surface area contributed by atoms with Gasteiger partial charge in [0.05, 0.1) is 7.11 Å². The number of methoxy groups -OCH3 is 1. The Bertz CT molecular complexity index is 473. The Kier molecular flexibility index (Phi) is 5.55. The van der Waals surface area contributed by atoms with Gasteiger partial charge in [0, 0.05) is 12.1 Å². The molecule has 20 heavy (non-hydrogen) atoms. The number of nitrogens with zero attached hydrogens (tertiary/aromatic N) is 1. The molecule has 1 aromatic rings. The minimum Gasteiger partial charge on any atom is -0.497 e. The van der Waals surface area contributed by atoms with E-state index in [0.29, 0.717) is 6.42 Å². The first-order chi connectivity index (χ1) is 9.30. The first-order valence-electron chi connectivity index (χ1n) is 6.45. The fourth-order valence-corrected chi connectivity index (χ4v) is 1.52. The van der Waals surface area contributed by atoms with E-state index in [1.54, 1.807) is 27.9 Å². The van der Waals surface area contributed by atoms with Gasteiger partial charge in [-0.1, -0.05) is 12.1 Å². The SMILES string of the molecule is COc1ccc(C/C(C)=N/NC(=O)OC(C)(C)C)cc1. The van der Waals surface area contributed by atoms with Crippen LogP contribution in [-0.4, -0.2) is 24.5 Å². The van der Waals surface area contributed by atoms with Crippen molar-refractivity contribution < 1.29 is 14.3 Å². The van der Waals surface area contributed by atoms with E-state index < -0.39 is 11.7 Å². The standard InChI is InChI=1S/C15H22N2O3/c1-11(16-17-14(18)20-15(2,3)4)10-12-6-8-13(19-5)9-7-12/h6-9H,10H2,1-5H3,(H,17,18)/b16-11+. The number of carbonyl (C=O) groups excluding carboxylic acids is 1. The Hall–Kier alpha value is -2.04. The smallest absolute Gasteiger partial charge is 0.428 e. The molecule has 0 bridgehead atoms. The van der Waals surface area contributed by atoms with Gasteiger partial charge in [-0.05, 0) is 45.4 Å². The highest BCUT2D eigenvalue weighted by molar-refractivity contribution is 5.85. The molecule has 0 saturated carbocycles. The molecule has 0 aliphatic heterocycles. The first-order valence-corrected chi connectivity index (χ1v) is 6.45. The number of hydrazone groups is 1. The molecule has 5 nitrogen and oxygen atoms in total. The molecular formula is C15H22N2O3. The number of benzene rings is 1. The molecule has 1 amide bonds. The van der Waals surface area contributed by atoms with E-state index in [1.165, 1.54) is 0 Å². The van der Waals surface area contributed by atoms with Crippen LogP contribution in [0.15, 0.2) is 29.4 Å². The van der Waals surface area contributed by atoms with Crippen LogP contribution in [0.5, 0.6) is 5.75 Å². The molecule has 0 aliphatic carbocycles. The second kappa shape index (κ2) is 6.93. The molecule has 1 aromatic carbocycles. The summed E-state index contributed by atoms with van der Waals surface area (Å²) in [6.07, 6.45) is 0.103. The Balaban J connectivity index is 2.50. The molecule has 0 aromatic heterocycles. The lowest BCUT2D eigenvalue weighted by molar-refractivity contribution is 0.0529. The number of nitrogens with one attached hydrogen (secondary N) is 1. The van der Waals surface area contributed by atoms with Gasteiger partial charge < -0.3 is 9.47 Å². The topological polar surface area (TPSA) is 59.9 Å². The summed E-state index contributed by atoms with van der Waals surface area (Å²) in [5.41, 5.74) is 3.75. The molecule has 0 heterocycles. The van der Waals surface area contributed by atoms with Crippen LogP contribution in [-0.2, 0) is 11.2 Å². The van der Waals surface area contributed by atoms with Crippen molar-refractivity contribution in [1.29, 1.82) is 0 Å². The van der Waals surface area contributed by atoms with Gasteiger partial charge in [0.1, 0.15) is 11.4 Å². The number of hydrogen-bond donors (Lipinski definition) is 1. The van der Waals surface area contributed by atoms with Crippen molar-refractivity contribution in [2.24, 2.45) is 5.10 Å². The molecule has 0 fully saturated rings. The van der Waals surface area contributed by atoms with Crippen LogP contribution >= 0.6 is 0 Å². The van der Waals surface area contributed by atoms with Crippen LogP contribution in [0.4, 0.5) is 4.79 Å². The maximum absolute atomic E-state index is 11.4. The van der Waals surface area contributed by atoms with Crippen LogP contribution < -0.4 is 10.2 Å². The van der Waals surface area contributed by atoms with Gasteiger partial charge in [-0.15, -0.1) is 0 Å². The second-order valence-corrected chi connectivity index (χ2v) is 5.49. The van der Waals surface area contributed by atoms with Gasteiger partial charge in [0.15, 0.2) is 0 Å². The van der Waals surface area contributed by atoms with E-state index in [9.17, 15) is 4.79 Å². The maximum atomic E-state index is 11.4. The summed E-state index contributed by atoms with van der Waals surface area (Å²) in [6, 6.07) is 7.71. The summed E-state index contributed by atoms with van der Waals surface area (Å²) in [7, 11) is 1.63. The molecule has 0 saturated heterocycles. The number of carbonyl (C=O) groups is 1. The van der Waals surface area contributed by atoms with E-state index in [0.717, 1.165) is 17.0 Å². The van der Waals surface area contributed by atoms with Crippen molar-refractivity contribution in [3.8, 4) is 5.75 Å². The summed E-state index contributed by atoms with van der Waals surface area (Å²) >= 11 is 0. The summed E-state index contributed by atoms with van der Waals surface area (Å²) in [5, 5.41) is 4.01. The van der Waals surface area contributed by atoms with Crippen LogP contribution in [0, 0.1) is 0 Å². The molecule has 0 unspecified atom stereocenters. The summed E-state index contributed by atoms with van der Waals surface area (Å²) in [5.74, 6) is 0.815. The average molecular weight is 278 g/mol. The number of amides is 1. The average Bonchev–Trinajstić information content (AvgIpc) is 2.35. The summed E-state index contributed by atoms with van der Waals surface area (Å²) in [6.45, 7) is 7.27. The van der Waals surface area contributed by atoms with Gasteiger partial charge in [0.2, 0.25) is 0 Å². The molecule has 0 spiro atoms. The van der Waals surface area contributed by atoms with Gasteiger partial charge in [-0.2, -0.15) is 5.10 Å². The van der Waals surface area contributed by atoms with Gasteiger partial charge in [0.25, 0.3) is 0 Å². The molecular weight excluding hydrogens is 256 g/mol. The molecule has 110 valence electrons. The highest BCUT2D eigenvalue weighted by Gasteiger charge is 2.15. The van der Waals surface area contributed by atoms with E-state index in [1.807, 2.05) is 31.2 Å². The van der Waals surface area contributed by atoms with Crippen LogP contribution in [0.3, 0.4) is 0 Å². The third kappa shape index (κ3) is 6.22. The Morgan fingerprint density at radius 1 is 1.25 bits per heavy atom. The zero-order chi connectivity index (χ0) is 15.2. The minimum absolute atomic E-state index is 0.524. The monoisotopic (exact) mass is 278 g/mol. The zero-order valence-corrected chi connectivity index (χ0v) is 12.7. The summed E-state index contributed by atoms with van der Waals surface area (Å²) in [4.78, 5) is 11.4. The van der Waals surface area contributed by atoms with Crippen molar-refractivity contribution in [3.05, 3.63) is 29.8 Å². The number of ether oxygens (including phenoxy) is 2. The lowest BCUT2D eigenvalue weighted by atomic mass is 10.1. The fraction of sp³-hybridized carbons (Fsp3) is 0.467. The van der Waals surface area contributed by atoms with Crippen molar-refractivity contribution in [2.75, 3.05) is 7.11 Å². The largest absolute Gasteiger partial charge is 0.497 e. The maximum Gasteiger partial charge on any atom is 0.428 e. The summed E-state index contributed by atoms with van der Waals surface area (Å²) < 4.78 is 10.2. The molecule has 1 N–H and O–H groups in total. The van der Waals surface area contributed by atoms with Gasteiger partial charge in [-0.25, -0.2) is 10.2 Å². The van der Waals surface area contributed by atoms with E-state index in [-0.39, 0.29) is 0 Å². The van der Waals surface area contributed by atoms with E-state index in [2.05, 4.69) is 10.5 Å². The van der Waals surface area contributed by atoms with Crippen LogP contribution in [0.25, 0.3) is 0 Å². The Morgan fingerprint density at radius 2 is 1.85 bits per heavy atom. The predicted octanol–water partition coefficient (Wildman–Crippen LogP) is 3.14. The molecule has 1 rings (SSSR count). The highest BCUT2D eigenvalue weighted by Crippen LogP contribution is 2.12. The lowest BCUT2D eigenvalue weighted by Gasteiger charge is -2.18.